The molecule has 2 aromatic rings. The number of hydrogen-bond donors (Lipinski definition) is 2. The van der Waals surface area contributed by atoms with E-state index in [0.717, 1.165) is 5.56 Å². The second-order valence-corrected chi connectivity index (χ2v) is 4.07. The van der Waals surface area contributed by atoms with Crippen LogP contribution in [0.4, 0.5) is 5.69 Å². The molecule has 0 bridgehead atoms. The number of carbonyl (C=O) groups is 1. The third-order valence-electron chi connectivity index (χ3n) is 2.61. The molecule has 0 aliphatic carbocycles. The summed E-state index contributed by atoms with van der Waals surface area (Å²) in [5, 5.41) is 11.6. The first-order chi connectivity index (χ1) is 9.72. The zero-order valence-corrected chi connectivity index (χ0v) is 11.0. The summed E-state index contributed by atoms with van der Waals surface area (Å²) in [4.78, 5) is 20.2. The fourth-order valence-electron chi connectivity index (χ4n) is 1.62. The Morgan fingerprint density at radius 1 is 1.40 bits per heavy atom. The van der Waals surface area contributed by atoms with Gasteiger partial charge in [-0.3, -0.25) is 9.78 Å². The number of hydrogen-bond acceptors (Lipinski definition) is 5. The van der Waals surface area contributed by atoms with E-state index in [0.29, 0.717) is 11.3 Å². The van der Waals surface area contributed by atoms with E-state index < -0.39 is 0 Å². The summed E-state index contributed by atoms with van der Waals surface area (Å²) in [5.74, 6) is -0.119. The minimum absolute atomic E-state index is 0.0889. The van der Waals surface area contributed by atoms with E-state index in [4.69, 9.17) is 9.84 Å². The van der Waals surface area contributed by atoms with Gasteiger partial charge in [0.15, 0.2) is 0 Å². The predicted octanol–water partition coefficient (Wildman–Crippen LogP) is 1.41. The van der Waals surface area contributed by atoms with Gasteiger partial charge in [-0.25, -0.2) is 4.98 Å². The molecule has 104 valence electrons. The third-order valence-corrected chi connectivity index (χ3v) is 2.61. The van der Waals surface area contributed by atoms with Gasteiger partial charge < -0.3 is 15.2 Å². The quantitative estimate of drug-likeness (QED) is 0.860. The van der Waals surface area contributed by atoms with Crippen molar-refractivity contribution < 1.29 is 14.6 Å². The van der Waals surface area contributed by atoms with Crippen molar-refractivity contribution in [3.8, 4) is 5.88 Å². The number of aliphatic hydroxyl groups is 1. The summed E-state index contributed by atoms with van der Waals surface area (Å²) < 4.78 is 5.24. The first-order valence-electron chi connectivity index (χ1n) is 6.13. The molecular weight excluding hydrogens is 258 g/mol. The Kier molecular flexibility index (Phi) is 4.62. The monoisotopic (exact) mass is 273 g/mol. The van der Waals surface area contributed by atoms with Crippen LogP contribution in [-0.4, -0.2) is 34.2 Å². The molecule has 0 spiro atoms. The Morgan fingerprint density at radius 2 is 2.25 bits per heavy atom. The number of nitrogens with zero attached hydrogens (tertiary/aromatic N) is 2. The summed E-state index contributed by atoms with van der Waals surface area (Å²) in [5.41, 5.74) is 1.86. The first kappa shape index (κ1) is 14.0. The smallest absolute Gasteiger partial charge is 0.261 e. The average molecular weight is 273 g/mol. The van der Waals surface area contributed by atoms with Crippen LogP contribution in [0.2, 0.25) is 0 Å². The van der Waals surface area contributed by atoms with Gasteiger partial charge in [-0.15, -0.1) is 0 Å². The first-order valence-corrected chi connectivity index (χ1v) is 6.13. The lowest BCUT2D eigenvalue weighted by Gasteiger charge is -2.10. The Hall–Kier alpha value is -2.47. The van der Waals surface area contributed by atoms with Crippen LogP contribution in [0.1, 0.15) is 15.9 Å². The van der Waals surface area contributed by atoms with E-state index in [1.165, 1.54) is 6.20 Å². The standard InChI is InChI=1S/C14H15N3O3/c1-10-9-15-6-4-12(10)17-13(19)11-3-2-5-16-14(11)20-8-7-18/h2-6,9,18H,7-8H2,1H3,(H,15,17,19). The van der Waals surface area contributed by atoms with Gasteiger partial charge in [0.25, 0.3) is 5.91 Å². The molecule has 0 saturated heterocycles. The zero-order chi connectivity index (χ0) is 14.4. The van der Waals surface area contributed by atoms with Crippen LogP contribution in [0.3, 0.4) is 0 Å². The molecule has 0 unspecified atom stereocenters. The molecular formula is C14H15N3O3. The van der Waals surface area contributed by atoms with Crippen molar-refractivity contribution >= 4 is 11.6 Å². The predicted molar refractivity (Wildman–Crippen MR) is 73.7 cm³/mol. The van der Waals surface area contributed by atoms with Crippen LogP contribution < -0.4 is 10.1 Å². The molecule has 0 atom stereocenters. The normalized spacial score (nSPS) is 10.1. The molecule has 0 radical (unpaired) electrons. The van der Waals surface area contributed by atoms with E-state index in [2.05, 4.69) is 15.3 Å². The number of rotatable bonds is 5. The number of carbonyl (C=O) groups excluding carboxylic acids is 1. The highest BCUT2D eigenvalue weighted by atomic mass is 16.5. The second-order valence-electron chi connectivity index (χ2n) is 4.07. The summed E-state index contributed by atoms with van der Waals surface area (Å²) in [6.07, 6.45) is 4.80. The molecule has 6 nitrogen and oxygen atoms in total. The highest BCUT2D eigenvalue weighted by Gasteiger charge is 2.14. The second kappa shape index (κ2) is 6.63. The maximum atomic E-state index is 12.2. The fourth-order valence-corrected chi connectivity index (χ4v) is 1.62. The molecule has 20 heavy (non-hydrogen) atoms. The van der Waals surface area contributed by atoms with Crippen molar-refractivity contribution in [3.05, 3.63) is 47.9 Å². The van der Waals surface area contributed by atoms with Gasteiger partial charge in [0.1, 0.15) is 12.2 Å². The van der Waals surface area contributed by atoms with Crippen LogP contribution in [0, 0.1) is 6.92 Å². The number of anilines is 1. The number of aliphatic hydroxyl groups excluding tert-OH is 1. The van der Waals surface area contributed by atoms with Crippen LogP contribution in [-0.2, 0) is 0 Å². The molecule has 0 aromatic carbocycles. The van der Waals surface area contributed by atoms with Crippen LogP contribution in [0.5, 0.6) is 5.88 Å². The highest BCUT2D eigenvalue weighted by Crippen LogP contribution is 2.18. The third kappa shape index (κ3) is 3.30. The van der Waals surface area contributed by atoms with Gasteiger partial charge >= 0.3 is 0 Å². The van der Waals surface area contributed by atoms with Gasteiger partial charge in [-0.1, -0.05) is 0 Å². The van der Waals surface area contributed by atoms with Crippen molar-refractivity contribution in [3.63, 3.8) is 0 Å². The van der Waals surface area contributed by atoms with Gasteiger partial charge in [-0.05, 0) is 30.7 Å². The molecule has 2 aromatic heterocycles. The molecule has 1 amide bonds. The van der Waals surface area contributed by atoms with Crippen LogP contribution >= 0.6 is 0 Å². The van der Waals surface area contributed by atoms with Gasteiger partial charge in [0, 0.05) is 24.3 Å². The van der Waals surface area contributed by atoms with Crippen LogP contribution in [0.15, 0.2) is 36.8 Å². The van der Waals surface area contributed by atoms with Crippen molar-refractivity contribution in [1.82, 2.24) is 9.97 Å². The molecule has 2 heterocycles. The molecule has 2 N–H and O–H groups in total. The summed E-state index contributed by atoms with van der Waals surface area (Å²) >= 11 is 0. The maximum Gasteiger partial charge on any atom is 0.261 e. The Bertz CT molecular complexity index is 602. The lowest BCUT2D eigenvalue weighted by Crippen LogP contribution is -2.16. The summed E-state index contributed by atoms with van der Waals surface area (Å²) in [6.45, 7) is 1.81. The molecule has 6 heteroatoms. The maximum absolute atomic E-state index is 12.2. The Labute approximate surface area is 116 Å². The van der Waals surface area contributed by atoms with E-state index in [-0.39, 0.29) is 25.0 Å². The summed E-state index contributed by atoms with van der Waals surface area (Å²) in [7, 11) is 0. The lowest BCUT2D eigenvalue weighted by atomic mass is 10.2. The number of nitrogens with one attached hydrogen (secondary N) is 1. The lowest BCUT2D eigenvalue weighted by molar-refractivity contribution is 0.102. The van der Waals surface area contributed by atoms with E-state index in [1.54, 1.807) is 30.6 Å². The van der Waals surface area contributed by atoms with Gasteiger partial charge in [-0.2, -0.15) is 0 Å². The van der Waals surface area contributed by atoms with Crippen molar-refractivity contribution in [2.24, 2.45) is 0 Å². The van der Waals surface area contributed by atoms with Gasteiger partial charge in [0.05, 0.1) is 6.61 Å². The minimum Gasteiger partial charge on any atom is -0.475 e. The van der Waals surface area contributed by atoms with Crippen molar-refractivity contribution in [1.29, 1.82) is 0 Å². The average Bonchev–Trinajstić information content (AvgIpc) is 2.47. The zero-order valence-electron chi connectivity index (χ0n) is 11.0. The van der Waals surface area contributed by atoms with E-state index in [1.807, 2.05) is 6.92 Å². The molecule has 0 saturated carbocycles. The van der Waals surface area contributed by atoms with E-state index in [9.17, 15) is 4.79 Å². The van der Waals surface area contributed by atoms with Crippen LogP contribution in [0.25, 0.3) is 0 Å². The molecule has 2 rings (SSSR count). The number of amides is 1. The fraction of sp³-hybridized carbons (Fsp3) is 0.214. The SMILES string of the molecule is Cc1cnccc1NC(=O)c1cccnc1OCCO. The Balaban J connectivity index is 2.19. The molecule has 0 aliphatic heterocycles. The van der Waals surface area contributed by atoms with Gasteiger partial charge in [0.2, 0.25) is 5.88 Å². The Morgan fingerprint density at radius 3 is 3.00 bits per heavy atom. The topological polar surface area (TPSA) is 84.3 Å². The molecule has 0 fully saturated rings. The number of aryl methyl sites for hydroxylation is 1. The van der Waals surface area contributed by atoms with E-state index >= 15 is 0 Å². The highest BCUT2D eigenvalue weighted by molar-refractivity contribution is 6.06. The molecule has 0 aliphatic rings. The number of pyridine rings is 2. The summed E-state index contributed by atoms with van der Waals surface area (Å²) in [6, 6.07) is 4.99. The number of aromatic nitrogens is 2. The number of ether oxygens (including phenoxy) is 1. The van der Waals surface area contributed by atoms with Crippen molar-refractivity contribution in [2.45, 2.75) is 6.92 Å². The largest absolute Gasteiger partial charge is 0.475 e. The van der Waals surface area contributed by atoms with Crippen molar-refractivity contribution in [2.75, 3.05) is 18.5 Å². The minimum atomic E-state index is -0.319.